The standard InChI is InChI=1S/C8H17NO5S/c1-7(2)9(6-8(11)14-3)15(12,13)5-4-10/h7,10H,4-6H2,1-3H3. The molecule has 0 aromatic carbocycles. The Bertz CT molecular complexity index is 298. The van der Waals surface area contributed by atoms with Gasteiger partial charge in [0, 0.05) is 6.04 Å². The molecule has 0 spiro atoms. The van der Waals surface area contributed by atoms with E-state index < -0.39 is 22.6 Å². The topological polar surface area (TPSA) is 83.9 Å². The predicted octanol–water partition coefficient (Wildman–Crippen LogP) is -0.808. The van der Waals surface area contributed by atoms with Crippen molar-refractivity contribution in [1.29, 1.82) is 0 Å². The van der Waals surface area contributed by atoms with Crippen molar-refractivity contribution >= 4 is 16.0 Å². The van der Waals surface area contributed by atoms with Crippen molar-refractivity contribution in [3.8, 4) is 0 Å². The van der Waals surface area contributed by atoms with Crippen LogP contribution in [0, 0.1) is 0 Å². The van der Waals surface area contributed by atoms with Crippen LogP contribution >= 0.6 is 0 Å². The smallest absolute Gasteiger partial charge is 0.321 e. The van der Waals surface area contributed by atoms with E-state index in [9.17, 15) is 13.2 Å². The summed E-state index contributed by atoms with van der Waals surface area (Å²) in [4.78, 5) is 11.0. The molecule has 0 saturated carbocycles. The summed E-state index contributed by atoms with van der Waals surface area (Å²) >= 11 is 0. The third-order valence-corrected chi connectivity index (χ3v) is 3.76. The molecule has 0 amide bonds. The second-order valence-electron chi connectivity index (χ2n) is 3.25. The summed E-state index contributed by atoms with van der Waals surface area (Å²) in [6.07, 6.45) is 0. The van der Waals surface area contributed by atoms with Crippen LogP contribution in [0.4, 0.5) is 0 Å². The van der Waals surface area contributed by atoms with E-state index in [1.807, 2.05) is 0 Å². The summed E-state index contributed by atoms with van der Waals surface area (Å²) in [5, 5.41) is 8.60. The van der Waals surface area contributed by atoms with E-state index in [1.54, 1.807) is 13.8 Å². The monoisotopic (exact) mass is 239 g/mol. The molecule has 0 radical (unpaired) electrons. The summed E-state index contributed by atoms with van der Waals surface area (Å²) in [5.74, 6) is -1.01. The Kier molecular flexibility index (Phi) is 5.77. The normalized spacial score (nSPS) is 12.1. The molecule has 1 N–H and O–H groups in total. The van der Waals surface area contributed by atoms with Gasteiger partial charge in [0.05, 0.1) is 19.5 Å². The number of rotatable bonds is 6. The Morgan fingerprint density at radius 1 is 1.47 bits per heavy atom. The number of ether oxygens (including phenoxy) is 1. The highest BCUT2D eigenvalue weighted by Crippen LogP contribution is 2.07. The van der Waals surface area contributed by atoms with Crippen LogP contribution in [0.3, 0.4) is 0 Å². The highest BCUT2D eigenvalue weighted by atomic mass is 32.2. The van der Waals surface area contributed by atoms with Crippen LogP contribution in [0.25, 0.3) is 0 Å². The van der Waals surface area contributed by atoms with Gasteiger partial charge in [-0.3, -0.25) is 4.79 Å². The predicted molar refractivity (Wildman–Crippen MR) is 54.7 cm³/mol. The molecule has 0 fully saturated rings. The number of aliphatic hydroxyl groups excluding tert-OH is 1. The minimum absolute atomic E-state index is 0.323. The first kappa shape index (κ1) is 14.3. The maximum Gasteiger partial charge on any atom is 0.321 e. The first-order chi connectivity index (χ1) is 6.85. The molecule has 0 aromatic rings. The Hall–Kier alpha value is -0.660. The van der Waals surface area contributed by atoms with Crippen LogP contribution in [0.1, 0.15) is 13.8 Å². The first-order valence-corrected chi connectivity index (χ1v) is 6.13. The molecule has 0 aliphatic heterocycles. The fourth-order valence-corrected chi connectivity index (χ4v) is 2.44. The molecular weight excluding hydrogens is 222 g/mol. The Morgan fingerprint density at radius 3 is 2.33 bits per heavy atom. The van der Waals surface area contributed by atoms with Crippen molar-refractivity contribution in [2.45, 2.75) is 19.9 Å². The Balaban J connectivity index is 4.74. The molecular formula is C8H17NO5S. The van der Waals surface area contributed by atoms with E-state index in [1.165, 1.54) is 7.11 Å². The molecule has 0 aromatic heterocycles. The van der Waals surface area contributed by atoms with Gasteiger partial charge in [-0.2, -0.15) is 4.31 Å². The van der Waals surface area contributed by atoms with Crippen molar-refractivity contribution in [2.75, 3.05) is 26.0 Å². The molecule has 0 aliphatic rings. The third-order valence-electron chi connectivity index (χ3n) is 1.80. The SMILES string of the molecule is COC(=O)CN(C(C)C)S(=O)(=O)CCO. The van der Waals surface area contributed by atoms with Gasteiger partial charge in [0.25, 0.3) is 0 Å². The zero-order valence-corrected chi connectivity index (χ0v) is 9.95. The lowest BCUT2D eigenvalue weighted by Crippen LogP contribution is -2.42. The van der Waals surface area contributed by atoms with Crippen molar-refractivity contribution in [2.24, 2.45) is 0 Å². The van der Waals surface area contributed by atoms with E-state index in [-0.39, 0.29) is 18.3 Å². The molecule has 0 heterocycles. The molecule has 7 heteroatoms. The van der Waals surface area contributed by atoms with Gasteiger partial charge in [-0.05, 0) is 13.8 Å². The molecule has 0 saturated heterocycles. The van der Waals surface area contributed by atoms with Gasteiger partial charge in [0.2, 0.25) is 10.0 Å². The number of carbonyl (C=O) groups is 1. The number of nitrogens with zero attached hydrogens (tertiary/aromatic N) is 1. The van der Waals surface area contributed by atoms with Crippen LogP contribution < -0.4 is 0 Å². The maximum atomic E-state index is 11.6. The number of methoxy groups -OCH3 is 1. The number of carbonyl (C=O) groups excluding carboxylic acids is 1. The second kappa shape index (κ2) is 6.04. The number of aliphatic hydroxyl groups is 1. The van der Waals surface area contributed by atoms with E-state index in [4.69, 9.17) is 5.11 Å². The zero-order valence-electron chi connectivity index (χ0n) is 9.13. The summed E-state index contributed by atoms with van der Waals surface area (Å²) in [7, 11) is -2.40. The minimum atomic E-state index is -3.59. The maximum absolute atomic E-state index is 11.6. The van der Waals surface area contributed by atoms with Gasteiger partial charge in [0.15, 0.2) is 0 Å². The highest BCUT2D eigenvalue weighted by molar-refractivity contribution is 7.89. The average molecular weight is 239 g/mol. The molecule has 0 bridgehead atoms. The first-order valence-electron chi connectivity index (χ1n) is 4.52. The lowest BCUT2D eigenvalue weighted by Gasteiger charge is -2.24. The molecule has 90 valence electrons. The zero-order chi connectivity index (χ0) is 12.1. The minimum Gasteiger partial charge on any atom is -0.468 e. The third kappa shape index (κ3) is 4.59. The van der Waals surface area contributed by atoms with Crippen LogP contribution in [0.15, 0.2) is 0 Å². The van der Waals surface area contributed by atoms with Gasteiger partial charge in [0.1, 0.15) is 6.54 Å². The average Bonchev–Trinajstić information content (AvgIpc) is 2.12. The molecule has 0 rings (SSSR count). The summed E-state index contributed by atoms with van der Waals surface area (Å²) in [6.45, 7) is 2.51. The van der Waals surface area contributed by atoms with E-state index in [0.717, 1.165) is 4.31 Å². The fourth-order valence-electron chi connectivity index (χ4n) is 1.03. The second-order valence-corrected chi connectivity index (χ2v) is 5.30. The molecule has 15 heavy (non-hydrogen) atoms. The van der Waals surface area contributed by atoms with Gasteiger partial charge >= 0.3 is 5.97 Å². The number of sulfonamides is 1. The quantitative estimate of drug-likeness (QED) is 0.613. The van der Waals surface area contributed by atoms with E-state index in [0.29, 0.717) is 0 Å². The van der Waals surface area contributed by atoms with Gasteiger partial charge < -0.3 is 9.84 Å². The van der Waals surface area contributed by atoms with Crippen molar-refractivity contribution in [3.63, 3.8) is 0 Å². The van der Waals surface area contributed by atoms with Crippen LogP contribution in [-0.4, -0.2) is 55.9 Å². The number of esters is 1. The van der Waals surface area contributed by atoms with E-state index in [2.05, 4.69) is 4.74 Å². The number of hydrogen-bond acceptors (Lipinski definition) is 5. The van der Waals surface area contributed by atoms with E-state index >= 15 is 0 Å². The molecule has 0 aliphatic carbocycles. The highest BCUT2D eigenvalue weighted by Gasteiger charge is 2.26. The van der Waals surface area contributed by atoms with Gasteiger partial charge in [-0.15, -0.1) is 0 Å². The summed E-state index contributed by atoms with van der Waals surface area (Å²) in [5.41, 5.74) is 0. The van der Waals surface area contributed by atoms with Crippen molar-refractivity contribution in [1.82, 2.24) is 4.31 Å². The molecule has 0 unspecified atom stereocenters. The fraction of sp³-hybridized carbons (Fsp3) is 0.875. The number of hydrogen-bond donors (Lipinski definition) is 1. The van der Waals surface area contributed by atoms with Crippen LogP contribution in [-0.2, 0) is 19.6 Å². The Labute approximate surface area is 89.9 Å². The molecule has 0 atom stereocenters. The van der Waals surface area contributed by atoms with Crippen molar-refractivity contribution < 1.29 is 23.1 Å². The van der Waals surface area contributed by atoms with Crippen LogP contribution in [0.5, 0.6) is 0 Å². The lowest BCUT2D eigenvalue weighted by atomic mass is 10.4. The van der Waals surface area contributed by atoms with Gasteiger partial charge in [-0.25, -0.2) is 8.42 Å². The Morgan fingerprint density at radius 2 is 2.00 bits per heavy atom. The summed E-state index contributed by atoms with van der Waals surface area (Å²) < 4.78 is 28.6. The van der Waals surface area contributed by atoms with Crippen molar-refractivity contribution in [3.05, 3.63) is 0 Å². The molecule has 6 nitrogen and oxygen atoms in total. The van der Waals surface area contributed by atoms with Crippen LogP contribution in [0.2, 0.25) is 0 Å². The largest absolute Gasteiger partial charge is 0.468 e. The lowest BCUT2D eigenvalue weighted by molar-refractivity contribution is -0.141. The summed E-state index contributed by atoms with van der Waals surface area (Å²) in [6, 6.07) is -0.347. The van der Waals surface area contributed by atoms with Gasteiger partial charge in [-0.1, -0.05) is 0 Å².